The van der Waals surface area contributed by atoms with Gasteiger partial charge in [-0.05, 0) is 50.1 Å². The molecule has 0 heterocycles. The number of aliphatic hydroxyl groups is 1. The van der Waals surface area contributed by atoms with Crippen LogP contribution in [0.2, 0.25) is 0 Å². The van der Waals surface area contributed by atoms with Gasteiger partial charge in [0.05, 0.1) is 15.9 Å². The number of aliphatic hydroxyl groups excluding tert-OH is 1. The van der Waals surface area contributed by atoms with Crippen molar-refractivity contribution in [1.29, 1.82) is 0 Å². The fourth-order valence-electron chi connectivity index (χ4n) is 2.95. The first kappa shape index (κ1) is 33.4. The molecule has 0 aromatic heterocycles. The van der Waals surface area contributed by atoms with Gasteiger partial charge in [0.25, 0.3) is 20.2 Å². The molecule has 0 aliphatic heterocycles. The number of hydrogen-bond acceptors (Lipinski definition) is 7. The zero-order valence-corrected chi connectivity index (χ0v) is 23.7. The van der Waals surface area contributed by atoms with Crippen LogP contribution in [0.15, 0.2) is 88.7 Å². The smallest absolute Gasteiger partial charge is 0.294 e. The molecule has 0 saturated heterocycles. The van der Waals surface area contributed by atoms with E-state index in [4.69, 9.17) is 14.8 Å². The van der Waals surface area contributed by atoms with Crippen molar-refractivity contribution in [3.63, 3.8) is 0 Å². The summed E-state index contributed by atoms with van der Waals surface area (Å²) in [5.74, 6) is 0. The predicted octanol–water partition coefficient (Wildman–Crippen LogP) is 3.40. The number of benzene rings is 3. The molecule has 2 atom stereocenters. The topological polar surface area (TPSA) is 167 Å². The first-order valence-corrected chi connectivity index (χ1v) is 14.8. The Labute approximate surface area is 226 Å². The summed E-state index contributed by atoms with van der Waals surface area (Å²) >= 11 is 0. The summed E-state index contributed by atoms with van der Waals surface area (Å²) in [6.07, 6.45) is 0.213. The first-order chi connectivity index (χ1) is 17.6. The Balaban J connectivity index is 0.000000293. The molecular weight excluding hydrogens is 528 g/mol. The second-order valence-electron chi connectivity index (χ2n) is 9.06. The fourth-order valence-corrected chi connectivity index (χ4v) is 3.91. The van der Waals surface area contributed by atoms with E-state index >= 15 is 0 Å². The van der Waals surface area contributed by atoms with Crippen molar-refractivity contribution in [1.82, 2.24) is 5.32 Å². The summed E-state index contributed by atoms with van der Waals surface area (Å²) in [6.45, 7) is 8.33. The molecule has 0 bridgehead atoms. The van der Waals surface area contributed by atoms with E-state index in [0.29, 0.717) is 19.0 Å². The zero-order chi connectivity index (χ0) is 28.9. The van der Waals surface area contributed by atoms with Crippen molar-refractivity contribution < 1.29 is 31.0 Å². The van der Waals surface area contributed by atoms with Crippen LogP contribution in [0.3, 0.4) is 0 Å². The van der Waals surface area contributed by atoms with Crippen LogP contribution < -0.4 is 11.1 Å². The fraction of sp³-hybridized carbons (Fsp3) is 0.333. The van der Waals surface area contributed by atoms with Crippen LogP contribution in [0.25, 0.3) is 0 Å². The molecule has 0 unspecified atom stereocenters. The molecule has 3 aromatic rings. The predicted molar refractivity (Wildman–Crippen MR) is 149 cm³/mol. The van der Waals surface area contributed by atoms with E-state index < -0.39 is 26.3 Å². The highest BCUT2D eigenvalue weighted by atomic mass is 32.2. The lowest BCUT2D eigenvalue weighted by molar-refractivity contribution is 0.139. The third-order valence-corrected chi connectivity index (χ3v) is 6.92. The molecule has 0 amide bonds. The van der Waals surface area contributed by atoms with Gasteiger partial charge in [-0.3, -0.25) is 9.11 Å². The molecule has 0 aliphatic rings. The summed E-state index contributed by atoms with van der Waals surface area (Å²) < 4.78 is 59.1. The second-order valence-corrected chi connectivity index (χ2v) is 11.9. The van der Waals surface area contributed by atoms with Gasteiger partial charge < -0.3 is 16.2 Å². The minimum atomic E-state index is -4.02. The zero-order valence-electron chi connectivity index (χ0n) is 22.0. The largest absolute Gasteiger partial charge is 0.390 e. The monoisotopic (exact) mass is 566 g/mol. The van der Waals surface area contributed by atoms with Crippen LogP contribution in [0.1, 0.15) is 30.5 Å². The highest BCUT2D eigenvalue weighted by Gasteiger charge is 2.15. The minimum absolute atomic E-state index is 0.0666. The van der Waals surface area contributed by atoms with Gasteiger partial charge in [-0.25, -0.2) is 0 Å². The normalized spacial score (nSPS) is 13.0. The average molecular weight is 567 g/mol. The average Bonchev–Trinajstić information content (AvgIpc) is 2.83. The molecule has 3 aromatic carbocycles. The van der Waals surface area contributed by atoms with Gasteiger partial charge in [0.15, 0.2) is 0 Å². The van der Waals surface area contributed by atoms with Crippen LogP contribution in [-0.2, 0) is 26.7 Å². The Morgan fingerprint density at radius 3 is 1.47 bits per heavy atom. The third kappa shape index (κ3) is 13.8. The maximum absolute atomic E-state index is 10.5. The number of aryl methyl sites for hydroxylation is 2. The van der Waals surface area contributed by atoms with Crippen LogP contribution in [0, 0.1) is 13.8 Å². The van der Waals surface area contributed by atoms with Gasteiger partial charge in [-0.2, -0.15) is 16.8 Å². The third-order valence-electron chi connectivity index (χ3n) is 5.18. The van der Waals surface area contributed by atoms with Gasteiger partial charge >= 0.3 is 0 Å². The quantitative estimate of drug-likeness (QED) is 0.257. The highest BCUT2D eigenvalue weighted by molar-refractivity contribution is 7.86. The lowest BCUT2D eigenvalue weighted by atomic mass is 10.0. The Bertz CT molecular complexity index is 1220. The molecule has 9 nitrogen and oxygen atoms in total. The highest BCUT2D eigenvalue weighted by Crippen LogP contribution is 2.09. The van der Waals surface area contributed by atoms with Crippen molar-refractivity contribution in [2.24, 2.45) is 5.73 Å². The van der Waals surface area contributed by atoms with Gasteiger partial charge in [-0.1, -0.05) is 79.6 Å². The Morgan fingerprint density at radius 1 is 0.737 bits per heavy atom. The summed E-state index contributed by atoms with van der Waals surface area (Å²) in [5, 5.41) is 13.0. The van der Waals surface area contributed by atoms with Crippen LogP contribution in [0.5, 0.6) is 0 Å². The summed E-state index contributed by atoms with van der Waals surface area (Å²) in [6, 6.07) is 22.1. The Hall–Kier alpha value is -2.64. The first-order valence-electron chi connectivity index (χ1n) is 11.9. The van der Waals surface area contributed by atoms with Crippen molar-refractivity contribution >= 4 is 20.2 Å². The molecular formula is C27H38N2O7S2. The molecule has 0 spiro atoms. The Morgan fingerprint density at radius 2 is 1.13 bits per heavy atom. The van der Waals surface area contributed by atoms with E-state index in [-0.39, 0.29) is 15.8 Å². The minimum Gasteiger partial charge on any atom is -0.390 e. The standard InChI is InChI=1S/C13H22N2O.2C7H8O3S/c1-10(2)15-9-13(16)12(14)8-11-6-4-3-5-7-11;2*1-6-2-4-7(5-3-6)11(8,9)10/h3-7,10,12-13,15-16H,8-9,14H2,1-2H3;2*2-5H,1H3,(H,8,9,10)/t12-,13+;;/m0../s1. The number of nitrogens with two attached hydrogens (primary N) is 1. The van der Waals surface area contributed by atoms with Crippen molar-refractivity contribution in [3.8, 4) is 0 Å². The van der Waals surface area contributed by atoms with Gasteiger partial charge in [-0.15, -0.1) is 0 Å². The summed E-state index contributed by atoms with van der Waals surface area (Å²) in [5.41, 5.74) is 9.02. The van der Waals surface area contributed by atoms with Gasteiger partial charge in [0.2, 0.25) is 0 Å². The van der Waals surface area contributed by atoms with Crippen molar-refractivity contribution in [3.05, 3.63) is 95.6 Å². The van der Waals surface area contributed by atoms with Gasteiger partial charge in [0.1, 0.15) is 0 Å². The maximum atomic E-state index is 10.5. The van der Waals surface area contributed by atoms with Crippen molar-refractivity contribution in [2.45, 2.75) is 62.1 Å². The van der Waals surface area contributed by atoms with E-state index in [2.05, 4.69) is 19.2 Å². The SMILES string of the molecule is CC(C)NC[C@@H](O)[C@@H](N)Cc1ccccc1.Cc1ccc(S(=O)(=O)O)cc1.Cc1ccc(S(=O)(=O)O)cc1. The molecule has 0 saturated carbocycles. The van der Waals surface area contributed by atoms with E-state index in [0.717, 1.165) is 11.1 Å². The molecule has 6 N–H and O–H groups in total. The van der Waals surface area contributed by atoms with Crippen molar-refractivity contribution in [2.75, 3.05) is 6.54 Å². The maximum Gasteiger partial charge on any atom is 0.294 e. The van der Waals surface area contributed by atoms with Gasteiger partial charge in [0, 0.05) is 18.6 Å². The van der Waals surface area contributed by atoms with E-state index in [9.17, 15) is 21.9 Å². The number of nitrogens with one attached hydrogen (secondary N) is 1. The molecule has 38 heavy (non-hydrogen) atoms. The van der Waals surface area contributed by atoms with E-state index in [1.807, 2.05) is 44.2 Å². The van der Waals surface area contributed by atoms with Crippen LogP contribution >= 0.6 is 0 Å². The Kier molecular flexibility index (Phi) is 13.8. The van der Waals surface area contributed by atoms with E-state index in [1.54, 1.807) is 24.3 Å². The van der Waals surface area contributed by atoms with E-state index in [1.165, 1.54) is 29.8 Å². The molecule has 0 fully saturated rings. The van der Waals surface area contributed by atoms with Crippen LogP contribution in [0.4, 0.5) is 0 Å². The molecule has 210 valence electrons. The number of hydrogen-bond donors (Lipinski definition) is 5. The van der Waals surface area contributed by atoms with Crippen LogP contribution in [-0.4, -0.2) is 55.8 Å². The summed E-state index contributed by atoms with van der Waals surface area (Å²) in [4.78, 5) is -0.133. The summed E-state index contributed by atoms with van der Waals surface area (Å²) in [7, 11) is -8.04. The molecule has 0 radical (unpaired) electrons. The lowest BCUT2D eigenvalue weighted by Gasteiger charge is -2.20. The molecule has 0 aliphatic carbocycles. The second kappa shape index (κ2) is 15.7. The number of rotatable bonds is 8. The lowest BCUT2D eigenvalue weighted by Crippen LogP contribution is -2.44. The molecule has 11 heteroatoms. The molecule has 3 rings (SSSR count).